The number of anilines is 1. The minimum atomic E-state index is -3.74. The van der Waals surface area contributed by atoms with E-state index in [4.69, 9.17) is 5.84 Å². The molecule has 1 aromatic carbocycles. The van der Waals surface area contributed by atoms with Crippen molar-refractivity contribution in [1.82, 2.24) is 10.4 Å². The number of amides is 1. The second-order valence-electron chi connectivity index (χ2n) is 4.23. The highest BCUT2D eigenvalue weighted by Gasteiger charge is 2.25. The number of hydrogen-bond acceptors (Lipinski definition) is 4. The number of nitrogen functional groups attached to an aromatic ring is 1. The summed E-state index contributed by atoms with van der Waals surface area (Å²) in [6, 6.07) is 10.0. The number of benzene rings is 1. The summed E-state index contributed by atoms with van der Waals surface area (Å²) in [4.78, 5) is 14.0. The van der Waals surface area contributed by atoms with Gasteiger partial charge < -0.3 is 4.98 Å². The summed E-state index contributed by atoms with van der Waals surface area (Å²) in [5.41, 5.74) is 2.59. The highest BCUT2D eigenvalue weighted by molar-refractivity contribution is 7.92. The second kappa shape index (κ2) is 5.98. The molecule has 7 nitrogen and oxygen atoms in total. The number of para-hydroxylation sites is 1. The van der Waals surface area contributed by atoms with Crippen molar-refractivity contribution in [1.29, 1.82) is 0 Å². The fourth-order valence-corrected chi connectivity index (χ4v) is 3.41. The lowest BCUT2D eigenvalue weighted by atomic mass is 10.3. The first-order chi connectivity index (χ1) is 10.0. The number of carbonyl (C=O) groups excluding carboxylic acids is 1. The van der Waals surface area contributed by atoms with Crippen LogP contribution in [-0.2, 0) is 10.0 Å². The van der Waals surface area contributed by atoms with Gasteiger partial charge in [-0.05, 0) is 25.1 Å². The SMILES string of the molecule is CCN(c1ccccc1)S(=O)(=O)c1c[nH]c(C(=O)NN)c1. The molecule has 0 aliphatic heterocycles. The third-order valence-electron chi connectivity index (χ3n) is 2.95. The maximum Gasteiger partial charge on any atom is 0.281 e. The van der Waals surface area contributed by atoms with Crippen LogP contribution >= 0.6 is 0 Å². The van der Waals surface area contributed by atoms with E-state index < -0.39 is 15.9 Å². The molecule has 4 N–H and O–H groups in total. The summed E-state index contributed by atoms with van der Waals surface area (Å²) in [5.74, 6) is 4.44. The number of nitrogens with zero attached hydrogens (tertiary/aromatic N) is 1. The second-order valence-corrected chi connectivity index (χ2v) is 6.09. The Morgan fingerprint density at radius 1 is 1.33 bits per heavy atom. The zero-order valence-electron chi connectivity index (χ0n) is 11.4. The number of hydrogen-bond donors (Lipinski definition) is 3. The van der Waals surface area contributed by atoms with Crippen molar-refractivity contribution in [2.24, 2.45) is 5.84 Å². The Morgan fingerprint density at radius 3 is 2.57 bits per heavy atom. The zero-order chi connectivity index (χ0) is 15.5. The highest BCUT2D eigenvalue weighted by atomic mass is 32.2. The minimum Gasteiger partial charge on any atom is -0.356 e. The number of rotatable bonds is 5. The van der Waals surface area contributed by atoms with E-state index in [2.05, 4.69) is 4.98 Å². The highest BCUT2D eigenvalue weighted by Crippen LogP contribution is 2.23. The van der Waals surface area contributed by atoms with Crippen molar-refractivity contribution in [2.75, 3.05) is 10.8 Å². The zero-order valence-corrected chi connectivity index (χ0v) is 12.2. The topological polar surface area (TPSA) is 108 Å². The van der Waals surface area contributed by atoms with Crippen LogP contribution in [0.4, 0.5) is 5.69 Å². The standard InChI is InChI=1S/C13H16N4O3S/c1-2-17(10-6-4-3-5-7-10)21(19,20)11-8-12(15-9-11)13(18)16-14/h3-9,15H,2,14H2,1H3,(H,16,18). The maximum atomic E-state index is 12.6. The molecule has 1 amide bonds. The summed E-state index contributed by atoms with van der Waals surface area (Å²) in [5, 5.41) is 0. The molecule has 0 aliphatic carbocycles. The molecule has 0 fully saturated rings. The molecule has 0 bridgehead atoms. The Morgan fingerprint density at radius 2 is 2.00 bits per heavy atom. The average Bonchev–Trinajstić information content (AvgIpc) is 2.98. The molecule has 0 radical (unpaired) electrons. The number of H-pyrrole nitrogens is 1. The fourth-order valence-electron chi connectivity index (χ4n) is 1.95. The van der Waals surface area contributed by atoms with E-state index in [0.29, 0.717) is 5.69 Å². The molecule has 0 saturated carbocycles. The first-order valence-electron chi connectivity index (χ1n) is 6.28. The Hall–Kier alpha value is -2.32. The summed E-state index contributed by atoms with van der Waals surface area (Å²) in [6.07, 6.45) is 1.27. The number of aromatic nitrogens is 1. The molecule has 112 valence electrons. The maximum absolute atomic E-state index is 12.6. The third kappa shape index (κ3) is 2.91. The monoisotopic (exact) mass is 308 g/mol. The van der Waals surface area contributed by atoms with Gasteiger partial charge in [0.2, 0.25) is 0 Å². The smallest absolute Gasteiger partial charge is 0.281 e. The Labute approximate surface area is 122 Å². The number of nitrogens with one attached hydrogen (secondary N) is 2. The summed E-state index contributed by atoms with van der Waals surface area (Å²) in [7, 11) is -3.74. The molecule has 2 aromatic rings. The predicted octanol–water partition coefficient (Wildman–Crippen LogP) is 0.833. The molecular weight excluding hydrogens is 292 g/mol. The first-order valence-corrected chi connectivity index (χ1v) is 7.72. The largest absolute Gasteiger partial charge is 0.356 e. The van der Waals surface area contributed by atoms with Gasteiger partial charge in [-0.25, -0.2) is 14.3 Å². The Balaban J connectivity index is 2.41. The van der Waals surface area contributed by atoms with Crippen LogP contribution in [0.2, 0.25) is 0 Å². The first kappa shape index (κ1) is 15.1. The predicted molar refractivity (Wildman–Crippen MR) is 79.1 cm³/mol. The Bertz CT molecular complexity index is 725. The lowest BCUT2D eigenvalue weighted by Gasteiger charge is -2.22. The fraction of sp³-hybridized carbons (Fsp3) is 0.154. The van der Waals surface area contributed by atoms with Gasteiger partial charge in [-0.15, -0.1) is 0 Å². The van der Waals surface area contributed by atoms with Crippen molar-refractivity contribution in [3.05, 3.63) is 48.3 Å². The lowest BCUT2D eigenvalue weighted by Crippen LogP contribution is -2.31. The molecule has 0 atom stereocenters. The van der Waals surface area contributed by atoms with Gasteiger partial charge in [-0.3, -0.25) is 14.5 Å². The van der Waals surface area contributed by atoms with E-state index >= 15 is 0 Å². The van der Waals surface area contributed by atoms with E-state index in [1.165, 1.54) is 16.6 Å². The Kier molecular flexibility index (Phi) is 4.29. The van der Waals surface area contributed by atoms with Crippen LogP contribution in [0, 0.1) is 0 Å². The molecule has 2 rings (SSSR count). The number of carbonyl (C=O) groups is 1. The van der Waals surface area contributed by atoms with E-state index in [1.54, 1.807) is 31.2 Å². The molecule has 8 heteroatoms. The lowest BCUT2D eigenvalue weighted by molar-refractivity contribution is 0.0949. The van der Waals surface area contributed by atoms with Crippen LogP contribution in [0.25, 0.3) is 0 Å². The normalized spacial score (nSPS) is 11.1. The van der Waals surface area contributed by atoms with E-state index in [0.717, 1.165) is 0 Å². The van der Waals surface area contributed by atoms with Gasteiger partial charge in [-0.2, -0.15) is 0 Å². The summed E-state index contributed by atoms with van der Waals surface area (Å²) >= 11 is 0. The van der Waals surface area contributed by atoms with Crippen molar-refractivity contribution in [3.8, 4) is 0 Å². The van der Waals surface area contributed by atoms with Gasteiger partial charge in [0.15, 0.2) is 0 Å². The van der Waals surface area contributed by atoms with Crippen LogP contribution in [0.3, 0.4) is 0 Å². The van der Waals surface area contributed by atoms with E-state index in [9.17, 15) is 13.2 Å². The number of hydrazine groups is 1. The van der Waals surface area contributed by atoms with Crippen molar-refractivity contribution in [2.45, 2.75) is 11.8 Å². The molecule has 0 spiro atoms. The number of sulfonamides is 1. The van der Waals surface area contributed by atoms with Crippen LogP contribution in [0.15, 0.2) is 47.5 Å². The van der Waals surface area contributed by atoms with E-state index in [-0.39, 0.29) is 17.1 Å². The molecule has 21 heavy (non-hydrogen) atoms. The van der Waals surface area contributed by atoms with Gasteiger partial charge in [0, 0.05) is 12.7 Å². The van der Waals surface area contributed by atoms with Gasteiger partial charge in [-0.1, -0.05) is 18.2 Å². The quantitative estimate of drug-likeness (QED) is 0.432. The molecule has 1 aromatic heterocycles. The van der Waals surface area contributed by atoms with Gasteiger partial charge in [0.25, 0.3) is 15.9 Å². The van der Waals surface area contributed by atoms with Gasteiger partial charge >= 0.3 is 0 Å². The third-order valence-corrected chi connectivity index (χ3v) is 4.83. The minimum absolute atomic E-state index is 0.00630. The van der Waals surface area contributed by atoms with Gasteiger partial charge in [0.1, 0.15) is 10.6 Å². The van der Waals surface area contributed by atoms with Crippen molar-refractivity contribution in [3.63, 3.8) is 0 Å². The van der Waals surface area contributed by atoms with Crippen LogP contribution in [0.5, 0.6) is 0 Å². The number of nitrogens with two attached hydrogens (primary N) is 1. The molecule has 0 aliphatic rings. The molecule has 0 saturated heterocycles. The van der Waals surface area contributed by atoms with E-state index in [1.807, 2.05) is 11.5 Å². The average molecular weight is 308 g/mol. The summed E-state index contributed by atoms with van der Waals surface area (Å²) in [6.45, 7) is 2.01. The molecule has 1 heterocycles. The van der Waals surface area contributed by atoms with Crippen LogP contribution in [-0.4, -0.2) is 25.9 Å². The summed E-state index contributed by atoms with van der Waals surface area (Å²) < 4.78 is 26.5. The number of aromatic amines is 1. The van der Waals surface area contributed by atoms with Gasteiger partial charge in [0.05, 0.1) is 5.69 Å². The molecular formula is C13H16N4O3S. The van der Waals surface area contributed by atoms with Crippen LogP contribution < -0.4 is 15.6 Å². The molecule has 0 unspecified atom stereocenters. The van der Waals surface area contributed by atoms with Crippen molar-refractivity contribution >= 4 is 21.6 Å². The van der Waals surface area contributed by atoms with Crippen molar-refractivity contribution < 1.29 is 13.2 Å². The van der Waals surface area contributed by atoms with Crippen LogP contribution in [0.1, 0.15) is 17.4 Å².